The summed E-state index contributed by atoms with van der Waals surface area (Å²) in [7, 11) is 5.63. The van der Waals surface area contributed by atoms with Crippen LogP contribution in [0.1, 0.15) is 20.8 Å². The van der Waals surface area contributed by atoms with Gasteiger partial charge in [0, 0.05) is 10.9 Å². The molecule has 1 aromatic heterocycles. The molecule has 4 aromatic rings. The number of ether oxygens (including phenoxy) is 4. The molecule has 1 heterocycles. The molecular weight excluding hydrogens is 466 g/mol. The van der Waals surface area contributed by atoms with Gasteiger partial charge in [-0.05, 0) is 47.3 Å². The number of carbonyl (C=O) groups is 2. The van der Waals surface area contributed by atoms with E-state index in [1.807, 2.05) is 0 Å². The number of carbonyl (C=O) groups excluding carboxylic acids is 1. The number of methoxy groups -OCH3 is 4. The standard InChI is InChI=1S/C27H23NO8/c1-33-20-13-16(14-21(34-2)24(20)35-3)22-18-10-5-6-11-19(18)25(29)28(23(22)27(32)36-4)17-9-7-8-15(12-17)26(30)31/h5-14H,1-4H3,(H,30,31). The molecule has 0 spiro atoms. The Bertz CT molecular complexity index is 1530. The second-order valence-electron chi connectivity index (χ2n) is 7.67. The molecule has 0 aliphatic heterocycles. The first kappa shape index (κ1) is 24.3. The Morgan fingerprint density at radius 1 is 0.806 bits per heavy atom. The van der Waals surface area contributed by atoms with Crippen LogP contribution in [0.4, 0.5) is 0 Å². The predicted octanol–water partition coefficient (Wildman–Crippen LogP) is 4.17. The maximum atomic E-state index is 13.7. The van der Waals surface area contributed by atoms with E-state index in [0.29, 0.717) is 39.1 Å². The van der Waals surface area contributed by atoms with Crippen LogP contribution in [-0.2, 0) is 4.74 Å². The van der Waals surface area contributed by atoms with Gasteiger partial charge in [0.05, 0.1) is 39.7 Å². The van der Waals surface area contributed by atoms with E-state index in [0.717, 1.165) is 0 Å². The van der Waals surface area contributed by atoms with E-state index < -0.39 is 17.5 Å². The van der Waals surface area contributed by atoms with Gasteiger partial charge in [0.1, 0.15) is 5.69 Å². The summed E-state index contributed by atoms with van der Waals surface area (Å²) < 4.78 is 22.7. The Kier molecular flexibility index (Phi) is 6.64. The minimum absolute atomic E-state index is 0.0438. The third-order valence-electron chi connectivity index (χ3n) is 5.77. The molecule has 0 radical (unpaired) electrons. The number of carboxylic acid groups (broad SMARTS) is 1. The van der Waals surface area contributed by atoms with Crippen LogP contribution in [0.3, 0.4) is 0 Å². The molecule has 36 heavy (non-hydrogen) atoms. The smallest absolute Gasteiger partial charge is 0.355 e. The lowest BCUT2D eigenvalue weighted by Gasteiger charge is -2.20. The quantitative estimate of drug-likeness (QED) is 0.385. The first-order valence-electron chi connectivity index (χ1n) is 10.8. The van der Waals surface area contributed by atoms with Gasteiger partial charge in [-0.1, -0.05) is 24.3 Å². The number of aromatic carboxylic acids is 1. The maximum absolute atomic E-state index is 13.7. The molecular formula is C27H23NO8. The lowest BCUT2D eigenvalue weighted by molar-refractivity contribution is 0.0591. The molecule has 0 amide bonds. The van der Waals surface area contributed by atoms with Crippen LogP contribution in [0.15, 0.2) is 65.5 Å². The number of carboxylic acids is 1. The Hall–Kier alpha value is -4.79. The van der Waals surface area contributed by atoms with Crippen molar-refractivity contribution < 1.29 is 33.6 Å². The van der Waals surface area contributed by atoms with Crippen LogP contribution in [0.5, 0.6) is 17.2 Å². The van der Waals surface area contributed by atoms with Gasteiger partial charge in [0.25, 0.3) is 5.56 Å². The Labute approximate surface area is 206 Å². The summed E-state index contributed by atoms with van der Waals surface area (Å²) in [5.74, 6) is -0.914. The van der Waals surface area contributed by atoms with E-state index in [1.54, 1.807) is 42.5 Å². The van der Waals surface area contributed by atoms with Crippen molar-refractivity contribution in [3.8, 4) is 34.1 Å². The molecule has 9 nitrogen and oxygen atoms in total. The zero-order chi connectivity index (χ0) is 26.0. The van der Waals surface area contributed by atoms with E-state index in [1.165, 1.54) is 51.2 Å². The highest BCUT2D eigenvalue weighted by Crippen LogP contribution is 2.43. The molecule has 0 saturated heterocycles. The summed E-state index contributed by atoms with van der Waals surface area (Å²) in [4.78, 5) is 38.6. The first-order chi connectivity index (χ1) is 17.4. The molecule has 3 aromatic carbocycles. The number of rotatable bonds is 7. The maximum Gasteiger partial charge on any atom is 0.355 e. The number of fused-ring (bicyclic) bond motifs is 1. The topological polar surface area (TPSA) is 113 Å². The minimum atomic E-state index is -1.17. The zero-order valence-electron chi connectivity index (χ0n) is 20.0. The fourth-order valence-electron chi connectivity index (χ4n) is 4.18. The molecule has 0 saturated carbocycles. The molecule has 184 valence electrons. The zero-order valence-corrected chi connectivity index (χ0v) is 20.0. The number of pyridine rings is 1. The third-order valence-corrected chi connectivity index (χ3v) is 5.77. The van der Waals surface area contributed by atoms with Gasteiger partial charge >= 0.3 is 11.9 Å². The average molecular weight is 489 g/mol. The second kappa shape index (κ2) is 9.83. The van der Waals surface area contributed by atoms with Gasteiger partial charge in [-0.3, -0.25) is 9.36 Å². The summed E-state index contributed by atoms with van der Waals surface area (Å²) in [5, 5.41) is 10.3. The molecule has 4 rings (SSSR count). The summed E-state index contributed by atoms with van der Waals surface area (Å²) in [6.45, 7) is 0. The van der Waals surface area contributed by atoms with Crippen LogP contribution >= 0.6 is 0 Å². The number of aromatic nitrogens is 1. The molecule has 0 unspecified atom stereocenters. The van der Waals surface area contributed by atoms with E-state index >= 15 is 0 Å². The van der Waals surface area contributed by atoms with E-state index in [4.69, 9.17) is 18.9 Å². The van der Waals surface area contributed by atoms with Gasteiger partial charge < -0.3 is 24.1 Å². The van der Waals surface area contributed by atoms with Crippen molar-refractivity contribution in [2.75, 3.05) is 28.4 Å². The third kappa shape index (κ3) is 4.00. The fraction of sp³-hybridized carbons (Fsp3) is 0.148. The fourth-order valence-corrected chi connectivity index (χ4v) is 4.18. The summed E-state index contributed by atoms with van der Waals surface area (Å²) >= 11 is 0. The van der Waals surface area contributed by atoms with Gasteiger partial charge in [0.2, 0.25) is 5.75 Å². The van der Waals surface area contributed by atoms with E-state index in [-0.39, 0.29) is 16.9 Å². The molecule has 0 bridgehead atoms. The van der Waals surface area contributed by atoms with Crippen LogP contribution in [-0.4, -0.2) is 50.1 Å². The van der Waals surface area contributed by atoms with Crippen molar-refractivity contribution in [1.82, 2.24) is 4.57 Å². The number of nitrogens with zero attached hydrogens (tertiary/aromatic N) is 1. The highest BCUT2D eigenvalue weighted by Gasteiger charge is 2.27. The number of hydrogen-bond donors (Lipinski definition) is 1. The van der Waals surface area contributed by atoms with Gasteiger partial charge in [-0.2, -0.15) is 0 Å². The minimum Gasteiger partial charge on any atom is -0.493 e. The monoisotopic (exact) mass is 489 g/mol. The molecule has 0 atom stereocenters. The van der Waals surface area contributed by atoms with Crippen molar-refractivity contribution in [2.24, 2.45) is 0 Å². The average Bonchev–Trinajstić information content (AvgIpc) is 2.91. The molecule has 1 N–H and O–H groups in total. The van der Waals surface area contributed by atoms with E-state index in [2.05, 4.69) is 0 Å². The van der Waals surface area contributed by atoms with Crippen LogP contribution in [0.2, 0.25) is 0 Å². The van der Waals surface area contributed by atoms with Crippen molar-refractivity contribution in [3.05, 3.63) is 82.3 Å². The molecule has 0 aliphatic rings. The van der Waals surface area contributed by atoms with Crippen molar-refractivity contribution in [2.45, 2.75) is 0 Å². The molecule has 9 heteroatoms. The number of esters is 1. The number of hydrogen-bond acceptors (Lipinski definition) is 7. The number of benzene rings is 3. The van der Waals surface area contributed by atoms with Crippen molar-refractivity contribution in [3.63, 3.8) is 0 Å². The van der Waals surface area contributed by atoms with Crippen molar-refractivity contribution >= 4 is 22.7 Å². The molecule has 0 fully saturated rings. The first-order valence-corrected chi connectivity index (χ1v) is 10.8. The van der Waals surface area contributed by atoms with Gasteiger partial charge in [-0.25, -0.2) is 9.59 Å². The van der Waals surface area contributed by atoms with Crippen LogP contribution < -0.4 is 19.8 Å². The normalized spacial score (nSPS) is 10.7. The van der Waals surface area contributed by atoms with E-state index in [9.17, 15) is 19.5 Å². The predicted molar refractivity (Wildman–Crippen MR) is 133 cm³/mol. The second-order valence-corrected chi connectivity index (χ2v) is 7.67. The summed E-state index contributed by atoms with van der Waals surface area (Å²) in [6, 6.07) is 15.9. The Balaban J connectivity index is 2.23. The SMILES string of the molecule is COC(=O)c1c(-c2cc(OC)c(OC)c(OC)c2)c2ccccc2c(=O)n1-c1cccc(C(=O)O)c1. The van der Waals surface area contributed by atoms with Gasteiger partial charge in [0.15, 0.2) is 11.5 Å². The van der Waals surface area contributed by atoms with Crippen LogP contribution in [0.25, 0.3) is 27.6 Å². The summed E-state index contributed by atoms with van der Waals surface area (Å²) in [6.07, 6.45) is 0. The van der Waals surface area contributed by atoms with Gasteiger partial charge in [-0.15, -0.1) is 0 Å². The Morgan fingerprint density at radius 2 is 1.44 bits per heavy atom. The highest BCUT2D eigenvalue weighted by molar-refractivity contribution is 6.07. The largest absolute Gasteiger partial charge is 0.493 e. The lowest BCUT2D eigenvalue weighted by atomic mass is 9.95. The van der Waals surface area contributed by atoms with Crippen molar-refractivity contribution in [1.29, 1.82) is 0 Å². The Morgan fingerprint density at radius 3 is 2.00 bits per heavy atom. The van der Waals surface area contributed by atoms with Crippen LogP contribution in [0, 0.1) is 0 Å². The molecule has 0 aliphatic carbocycles. The summed E-state index contributed by atoms with van der Waals surface area (Å²) in [5.41, 5.74) is 0.418. The lowest BCUT2D eigenvalue weighted by Crippen LogP contribution is -2.27. The highest BCUT2D eigenvalue weighted by atomic mass is 16.5.